The minimum Gasteiger partial charge on any atom is -0.454 e. The Kier molecular flexibility index (Phi) is 4.03. The molecule has 0 aromatic heterocycles. The maximum atomic E-state index is 10.5. The van der Waals surface area contributed by atoms with Gasteiger partial charge in [-0.15, -0.1) is 11.6 Å². The fourth-order valence-corrected chi connectivity index (χ4v) is 0.375. The second kappa shape index (κ2) is 4.28. The van der Waals surface area contributed by atoms with Crippen LogP contribution in [0.3, 0.4) is 0 Å². The molecule has 58 valence electrons. The van der Waals surface area contributed by atoms with Crippen molar-refractivity contribution in [1.29, 1.82) is 0 Å². The zero-order valence-corrected chi connectivity index (χ0v) is 6.64. The van der Waals surface area contributed by atoms with E-state index in [9.17, 15) is 9.59 Å². The van der Waals surface area contributed by atoms with Crippen molar-refractivity contribution in [3.63, 3.8) is 0 Å². The minimum atomic E-state index is -0.675. The molecule has 0 amide bonds. The van der Waals surface area contributed by atoms with Crippen molar-refractivity contribution in [2.45, 2.75) is 20.0 Å². The first-order valence-electron chi connectivity index (χ1n) is 2.83. The first-order chi connectivity index (χ1) is 4.57. The van der Waals surface area contributed by atoms with Gasteiger partial charge in [-0.25, -0.2) is 0 Å². The first kappa shape index (κ1) is 9.43. The second-order valence-electron chi connectivity index (χ2n) is 1.88. The summed E-state index contributed by atoms with van der Waals surface area (Å²) in [7, 11) is 0. The fourth-order valence-electron chi connectivity index (χ4n) is 0.312. The maximum absolute atomic E-state index is 10.5. The van der Waals surface area contributed by atoms with Crippen LogP contribution in [0.25, 0.3) is 0 Å². The monoisotopic (exact) mass is 164 g/mol. The van der Waals surface area contributed by atoms with E-state index in [-0.39, 0.29) is 11.7 Å². The SMILES string of the molecule is CC(=O)C(C)OC(=O)CCl. The molecule has 1 unspecified atom stereocenters. The summed E-state index contributed by atoms with van der Waals surface area (Å²) >= 11 is 5.11. The van der Waals surface area contributed by atoms with Crippen LogP contribution in [0.2, 0.25) is 0 Å². The molecule has 0 bridgehead atoms. The third-order valence-corrected chi connectivity index (χ3v) is 1.21. The predicted octanol–water partition coefficient (Wildman–Crippen LogP) is 0.746. The fraction of sp³-hybridized carbons (Fsp3) is 0.667. The van der Waals surface area contributed by atoms with E-state index in [0.29, 0.717) is 0 Å². The molecular formula is C6H9ClO3. The van der Waals surface area contributed by atoms with Crippen LogP contribution in [-0.4, -0.2) is 23.7 Å². The van der Waals surface area contributed by atoms with E-state index in [1.807, 2.05) is 0 Å². The van der Waals surface area contributed by atoms with Crippen molar-refractivity contribution in [3.8, 4) is 0 Å². The highest BCUT2D eigenvalue weighted by Gasteiger charge is 2.11. The third-order valence-electron chi connectivity index (χ3n) is 0.990. The molecule has 0 N–H and O–H groups in total. The lowest BCUT2D eigenvalue weighted by atomic mass is 10.3. The van der Waals surface area contributed by atoms with Gasteiger partial charge in [0.25, 0.3) is 0 Å². The van der Waals surface area contributed by atoms with Crippen molar-refractivity contribution in [3.05, 3.63) is 0 Å². The Balaban J connectivity index is 3.68. The Hall–Kier alpha value is -0.570. The van der Waals surface area contributed by atoms with E-state index < -0.39 is 12.1 Å². The van der Waals surface area contributed by atoms with Crippen LogP contribution < -0.4 is 0 Å². The molecule has 0 aliphatic rings. The number of ether oxygens (including phenoxy) is 1. The van der Waals surface area contributed by atoms with E-state index in [1.165, 1.54) is 13.8 Å². The van der Waals surface area contributed by atoms with E-state index in [4.69, 9.17) is 11.6 Å². The summed E-state index contributed by atoms with van der Waals surface area (Å²) in [6.07, 6.45) is -0.675. The Bertz CT molecular complexity index is 144. The van der Waals surface area contributed by atoms with Gasteiger partial charge in [0.1, 0.15) is 5.88 Å². The van der Waals surface area contributed by atoms with Crippen molar-refractivity contribution >= 4 is 23.4 Å². The van der Waals surface area contributed by atoms with Gasteiger partial charge >= 0.3 is 5.97 Å². The van der Waals surface area contributed by atoms with Gasteiger partial charge in [-0.05, 0) is 13.8 Å². The smallest absolute Gasteiger partial charge is 0.321 e. The van der Waals surface area contributed by atoms with Gasteiger partial charge in [0.15, 0.2) is 11.9 Å². The summed E-state index contributed by atoms with van der Waals surface area (Å²) in [5, 5.41) is 0. The second-order valence-corrected chi connectivity index (χ2v) is 2.14. The highest BCUT2D eigenvalue weighted by Crippen LogP contribution is 1.93. The number of carbonyl (C=O) groups is 2. The molecule has 0 saturated carbocycles. The molecule has 10 heavy (non-hydrogen) atoms. The maximum Gasteiger partial charge on any atom is 0.321 e. The number of halogens is 1. The molecule has 0 aromatic carbocycles. The van der Waals surface area contributed by atoms with Gasteiger partial charge < -0.3 is 4.74 Å². The van der Waals surface area contributed by atoms with Gasteiger partial charge in [0.05, 0.1) is 0 Å². The lowest BCUT2D eigenvalue weighted by molar-refractivity contribution is -0.150. The summed E-state index contributed by atoms with van der Waals surface area (Å²) in [5.74, 6) is -0.958. The lowest BCUT2D eigenvalue weighted by Gasteiger charge is -2.06. The number of esters is 1. The summed E-state index contributed by atoms with van der Waals surface area (Å²) in [6, 6.07) is 0. The topological polar surface area (TPSA) is 43.4 Å². The molecule has 0 rings (SSSR count). The Morgan fingerprint density at radius 1 is 1.60 bits per heavy atom. The average Bonchev–Trinajstić information content (AvgIpc) is 1.87. The first-order valence-corrected chi connectivity index (χ1v) is 3.37. The number of hydrogen-bond donors (Lipinski definition) is 0. The molecule has 4 heteroatoms. The molecule has 0 fully saturated rings. The van der Waals surface area contributed by atoms with Gasteiger partial charge in [-0.1, -0.05) is 0 Å². The highest BCUT2D eigenvalue weighted by atomic mass is 35.5. The molecule has 3 nitrogen and oxygen atoms in total. The number of Topliss-reactive ketones (excluding diaryl/α,β-unsaturated/α-hetero) is 1. The summed E-state index contributed by atoms with van der Waals surface area (Å²) < 4.78 is 4.54. The number of carbonyl (C=O) groups excluding carboxylic acids is 2. The van der Waals surface area contributed by atoms with Gasteiger partial charge in [0, 0.05) is 0 Å². The molecular weight excluding hydrogens is 156 g/mol. The largest absolute Gasteiger partial charge is 0.454 e. The van der Waals surface area contributed by atoms with Crippen LogP contribution in [0.1, 0.15) is 13.8 Å². The zero-order valence-electron chi connectivity index (χ0n) is 5.89. The Morgan fingerprint density at radius 2 is 2.10 bits per heavy atom. The highest BCUT2D eigenvalue weighted by molar-refractivity contribution is 6.26. The number of rotatable bonds is 3. The summed E-state index contributed by atoms with van der Waals surface area (Å²) in [6.45, 7) is 2.86. The Morgan fingerprint density at radius 3 is 2.40 bits per heavy atom. The van der Waals surface area contributed by atoms with Gasteiger partial charge in [0.2, 0.25) is 0 Å². The van der Waals surface area contributed by atoms with Crippen LogP contribution in [0.4, 0.5) is 0 Å². The van der Waals surface area contributed by atoms with E-state index >= 15 is 0 Å². The Labute approximate surface area is 64.3 Å². The molecule has 0 heterocycles. The van der Waals surface area contributed by atoms with Crippen LogP contribution in [0.5, 0.6) is 0 Å². The normalized spacial score (nSPS) is 12.3. The standard InChI is InChI=1S/C6H9ClO3/c1-4(8)5(2)10-6(9)3-7/h5H,3H2,1-2H3. The van der Waals surface area contributed by atoms with Crippen LogP contribution in [-0.2, 0) is 14.3 Å². The molecule has 0 saturated heterocycles. The van der Waals surface area contributed by atoms with E-state index in [1.54, 1.807) is 0 Å². The van der Waals surface area contributed by atoms with E-state index in [0.717, 1.165) is 0 Å². The molecule has 1 atom stereocenters. The minimum absolute atomic E-state index is 0.182. The van der Waals surface area contributed by atoms with E-state index in [2.05, 4.69) is 4.74 Å². The van der Waals surface area contributed by atoms with Crippen molar-refractivity contribution < 1.29 is 14.3 Å². The molecule has 0 radical (unpaired) electrons. The summed E-state index contributed by atoms with van der Waals surface area (Å²) in [5.41, 5.74) is 0. The van der Waals surface area contributed by atoms with Crippen LogP contribution >= 0.6 is 11.6 Å². The van der Waals surface area contributed by atoms with Crippen molar-refractivity contribution in [2.75, 3.05) is 5.88 Å². The predicted molar refractivity (Wildman–Crippen MR) is 37.0 cm³/mol. The number of ketones is 1. The van der Waals surface area contributed by atoms with Crippen LogP contribution in [0, 0.1) is 0 Å². The molecule has 0 aliphatic carbocycles. The third kappa shape index (κ3) is 3.45. The zero-order chi connectivity index (χ0) is 8.15. The lowest BCUT2D eigenvalue weighted by Crippen LogP contribution is -2.22. The van der Waals surface area contributed by atoms with Gasteiger partial charge in [-0.3, -0.25) is 9.59 Å². The molecule has 0 aliphatic heterocycles. The molecule has 0 spiro atoms. The average molecular weight is 165 g/mol. The van der Waals surface area contributed by atoms with Gasteiger partial charge in [-0.2, -0.15) is 0 Å². The number of hydrogen-bond acceptors (Lipinski definition) is 3. The van der Waals surface area contributed by atoms with Crippen LogP contribution in [0.15, 0.2) is 0 Å². The number of alkyl halides is 1. The summed E-state index contributed by atoms with van der Waals surface area (Å²) in [4.78, 5) is 20.9. The molecule has 0 aromatic rings. The quantitative estimate of drug-likeness (QED) is 0.457. The van der Waals surface area contributed by atoms with Crippen molar-refractivity contribution in [2.24, 2.45) is 0 Å². The van der Waals surface area contributed by atoms with Crippen molar-refractivity contribution in [1.82, 2.24) is 0 Å².